The van der Waals surface area contributed by atoms with Gasteiger partial charge < -0.3 is 5.32 Å². The van der Waals surface area contributed by atoms with E-state index >= 15 is 0 Å². The summed E-state index contributed by atoms with van der Waals surface area (Å²) in [6.45, 7) is 9.15. The third-order valence-electron chi connectivity index (χ3n) is 3.81. The van der Waals surface area contributed by atoms with E-state index in [2.05, 4.69) is 63.3 Å². The molecule has 0 bridgehead atoms. The fourth-order valence-corrected chi connectivity index (χ4v) is 1.67. The van der Waals surface area contributed by atoms with Gasteiger partial charge >= 0.3 is 0 Å². The third kappa shape index (κ3) is 3.50. The Morgan fingerprint density at radius 3 is 1.94 bits per heavy atom. The van der Waals surface area contributed by atoms with Gasteiger partial charge in [0.1, 0.15) is 0 Å². The molecular formula is C14H24ClN. The van der Waals surface area contributed by atoms with Crippen molar-refractivity contribution >= 4 is 12.4 Å². The molecule has 0 saturated carbocycles. The van der Waals surface area contributed by atoms with Gasteiger partial charge in [0.05, 0.1) is 0 Å². The monoisotopic (exact) mass is 241 g/mol. The third-order valence-corrected chi connectivity index (χ3v) is 3.81. The smallest absolute Gasteiger partial charge is 0.0176 e. The molecule has 2 heteroatoms. The molecule has 0 unspecified atom stereocenters. The van der Waals surface area contributed by atoms with Crippen molar-refractivity contribution in [2.24, 2.45) is 5.41 Å². The molecule has 92 valence electrons. The second-order valence-electron chi connectivity index (χ2n) is 5.42. The van der Waals surface area contributed by atoms with Gasteiger partial charge in [0, 0.05) is 5.54 Å². The van der Waals surface area contributed by atoms with E-state index in [4.69, 9.17) is 0 Å². The summed E-state index contributed by atoms with van der Waals surface area (Å²) in [5.41, 5.74) is 1.79. The Balaban J connectivity index is 0.00000225. The van der Waals surface area contributed by atoms with Crippen LogP contribution in [0, 0.1) is 5.41 Å². The molecule has 16 heavy (non-hydrogen) atoms. The summed E-state index contributed by atoms with van der Waals surface area (Å²) in [6.07, 6.45) is 1.10. The molecule has 1 N–H and O–H groups in total. The van der Waals surface area contributed by atoms with Crippen molar-refractivity contribution < 1.29 is 0 Å². The molecule has 0 radical (unpaired) electrons. The van der Waals surface area contributed by atoms with Crippen molar-refractivity contribution in [1.29, 1.82) is 0 Å². The van der Waals surface area contributed by atoms with Crippen LogP contribution in [-0.2, 0) is 6.42 Å². The van der Waals surface area contributed by atoms with E-state index in [1.807, 2.05) is 7.05 Å². The zero-order valence-corrected chi connectivity index (χ0v) is 11.8. The topological polar surface area (TPSA) is 12.0 Å². The summed E-state index contributed by atoms with van der Waals surface area (Å²) < 4.78 is 0. The lowest BCUT2D eigenvalue weighted by atomic mass is 9.71. The van der Waals surface area contributed by atoms with E-state index in [0.29, 0.717) is 0 Å². The van der Waals surface area contributed by atoms with E-state index in [9.17, 15) is 0 Å². The molecule has 0 aliphatic heterocycles. The van der Waals surface area contributed by atoms with E-state index in [0.717, 1.165) is 6.42 Å². The van der Waals surface area contributed by atoms with Gasteiger partial charge in [0.25, 0.3) is 0 Å². The van der Waals surface area contributed by atoms with Gasteiger partial charge in [-0.25, -0.2) is 0 Å². The lowest BCUT2D eigenvalue weighted by Crippen LogP contribution is -2.50. The van der Waals surface area contributed by atoms with Crippen molar-refractivity contribution in [3.63, 3.8) is 0 Å². The first kappa shape index (κ1) is 15.5. The normalized spacial score (nSPS) is 12.1. The SMILES string of the molecule is CNC(C)(C)C(C)(C)Cc1ccccc1.Cl. The molecule has 0 amide bonds. The van der Waals surface area contributed by atoms with Gasteiger partial charge in [-0.2, -0.15) is 0 Å². The van der Waals surface area contributed by atoms with Gasteiger partial charge in [-0.3, -0.25) is 0 Å². The van der Waals surface area contributed by atoms with Crippen LogP contribution in [0.4, 0.5) is 0 Å². The number of benzene rings is 1. The Bertz CT molecular complexity index is 304. The van der Waals surface area contributed by atoms with Crippen molar-refractivity contribution in [1.82, 2.24) is 5.32 Å². The number of rotatable bonds is 4. The highest BCUT2D eigenvalue weighted by Gasteiger charge is 2.35. The van der Waals surface area contributed by atoms with E-state index < -0.39 is 0 Å². The van der Waals surface area contributed by atoms with Gasteiger partial charge in [-0.05, 0) is 38.3 Å². The van der Waals surface area contributed by atoms with Gasteiger partial charge in [-0.15, -0.1) is 12.4 Å². The average Bonchev–Trinajstić information content (AvgIpc) is 2.18. The number of nitrogens with one attached hydrogen (secondary N) is 1. The van der Waals surface area contributed by atoms with Crippen LogP contribution in [0.3, 0.4) is 0 Å². The molecule has 0 saturated heterocycles. The second-order valence-corrected chi connectivity index (χ2v) is 5.42. The van der Waals surface area contributed by atoms with Crippen molar-refractivity contribution in [2.45, 2.75) is 39.7 Å². The van der Waals surface area contributed by atoms with Crippen LogP contribution in [0.5, 0.6) is 0 Å². The van der Waals surface area contributed by atoms with Crippen LogP contribution in [-0.4, -0.2) is 12.6 Å². The summed E-state index contributed by atoms with van der Waals surface area (Å²) in [6, 6.07) is 10.7. The summed E-state index contributed by atoms with van der Waals surface area (Å²) in [7, 11) is 2.03. The highest BCUT2D eigenvalue weighted by atomic mass is 35.5. The molecule has 1 aromatic carbocycles. The van der Waals surface area contributed by atoms with Crippen LogP contribution < -0.4 is 5.32 Å². The maximum Gasteiger partial charge on any atom is 0.0176 e. The summed E-state index contributed by atoms with van der Waals surface area (Å²) in [4.78, 5) is 0. The predicted octanol–water partition coefficient (Wildman–Crippen LogP) is 3.68. The van der Waals surface area contributed by atoms with Crippen LogP contribution in [0.1, 0.15) is 33.3 Å². The zero-order chi connectivity index (χ0) is 11.5. The lowest BCUT2D eigenvalue weighted by molar-refractivity contribution is 0.164. The molecule has 0 atom stereocenters. The Labute approximate surface area is 106 Å². The first-order valence-corrected chi connectivity index (χ1v) is 5.62. The Morgan fingerprint density at radius 2 is 1.50 bits per heavy atom. The van der Waals surface area contributed by atoms with Crippen LogP contribution in [0.15, 0.2) is 30.3 Å². The highest BCUT2D eigenvalue weighted by molar-refractivity contribution is 5.85. The van der Waals surface area contributed by atoms with Crippen LogP contribution in [0.25, 0.3) is 0 Å². The number of hydrogen-bond donors (Lipinski definition) is 1. The molecular weight excluding hydrogens is 218 g/mol. The minimum absolute atomic E-state index is 0. The standard InChI is InChI=1S/C14H23N.ClH/c1-13(2,14(3,4)15-5)11-12-9-7-6-8-10-12;/h6-10,15H,11H2,1-5H3;1H. The van der Waals surface area contributed by atoms with E-state index in [1.54, 1.807) is 0 Å². The lowest BCUT2D eigenvalue weighted by Gasteiger charge is -2.42. The van der Waals surface area contributed by atoms with Gasteiger partial charge in [0.2, 0.25) is 0 Å². The highest BCUT2D eigenvalue weighted by Crippen LogP contribution is 2.33. The molecule has 0 fully saturated rings. The molecule has 1 nitrogen and oxygen atoms in total. The number of hydrogen-bond acceptors (Lipinski definition) is 1. The molecule has 0 aliphatic carbocycles. The maximum absolute atomic E-state index is 3.40. The Morgan fingerprint density at radius 1 is 1.00 bits per heavy atom. The first-order chi connectivity index (χ1) is 6.89. The van der Waals surface area contributed by atoms with Crippen molar-refractivity contribution in [2.75, 3.05) is 7.05 Å². The molecule has 0 aromatic heterocycles. The largest absolute Gasteiger partial charge is 0.314 e. The average molecular weight is 242 g/mol. The molecule has 1 rings (SSSR count). The first-order valence-electron chi connectivity index (χ1n) is 5.62. The van der Waals surface area contributed by atoms with Gasteiger partial charge in [0.15, 0.2) is 0 Å². The predicted molar refractivity (Wildman–Crippen MR) is 74.3 cm³/mol. The summed E-state index contributed by atoms with van der Waals surface area (Å²) in [5.74, 6) is 0. The van der Waals surface area contributed by atoms with Crippen molar-refractivity contribution in [3.8, 4) is 0 Å². The van der Waals surface area contributed by atoms with Gasteiger partial charge in [-0.1, -0.05) is 44.2 Å². The molecule has 0 spiro atoms. The molecule has 1 aromatic rings. The fourth-order valence-electron chi connectivity index (χ4n) is 1.67. The van der Waals surface area contributed by atoms with E-state index in [-0.39, 0.29) is 23.4 Å². The Hall–Kier alpha value is -0.530. The van der Waals surface area contributed by atoms with E-state index in [1.165, 1.54) is 5.56 Å². The second kappa shape index (κ2) is 5.70. The zero-order valence-electron chi connectivity index (χ0n) is 11.0. The Kier molecular flexibility index (Phi) is 5.51. The van der Waals surface area contributed by atoms with Crippen molar-refractivity contribution in [3.05, 3.63) is 35.9 Å². The number of halogens is 1. The summed E-state index contributed by atoms with van der Waals surface area (Å²) >= 11 is 0. The van der Waals surface area contributed by atoms with Crippen LogP contribution in [0.2, 0.25) is 0 Å². The summed E-state index contributed by atoms with van der Waals surface area (Å²) in [5, 5.41) is 3.40. The minimum atomic E-state index is 0. The fraction of sp³-hybridized carbons (Fsp3) is 0.571. The minimum Gasteiger partial charge on any atom is -0.314 e. The quantitative estimate of drug-likeness (QED) is 0.848. The molecule has 0 aliphatic rings. The molecule has 0 heterocycles. The van der Waals surface area contributed by atoms with Crippen LogP contribution >= 0.6 is 12.4 Å². The maximum atomic E-state index is 3.40.